The zero-order valence-corrected chi connectivity index (χ0v) is 35.1. The summed E-state index contributed by atoms with van der Waals surface area (Å²) in [5.41, 5.74) is 1.33. The fourth-order valence-corrected chi connectivity index (χ4v) is 6.99. The first-order valence-corrected chi connectivity index (χ1v) is 20.0. The number of unbranched alkanes of at least 4 members (excludes halogenated alkanes) is 18. The van der Waals surface area contributed by atoms with E-state index in [4.69, 9.17) is 0 Å². The average Bonchev–Trinajstić information content (AvgIpc) is 2.99. The molecule has 0 aliphatic rings. The van der Waals surface area contributed by atoms with Gasteiger partial charge in [-0.05, 0) is 48.9 Å². The normalized spacial score (nSPS) is 11.2. The molecule has 0 atom stereocenters. The summed E-state index contributed by atoms with van der Waals surface area (Å²) in [7, 11) is -8.69. The van der Waals surface area contributed by atoms with E-state index in [9.17, 15) is 25.9 Å². The third-order valence-corrected chi connectivity index (χ3v) is 9.96. The van der Waals surface area contributed by atoms with E-state index in [1.165, 1.54) is 115 Å². The zero-order valence-electron chi connectivity index (χ0n) is 28.9. The Bertz CT molecular complexity index is 1130. The van der Waals surface area contributed by atoms with Gasteiger partial charge in [-0.3, -0.25) is 0 Å². The van der Waals surface area contributed by atoms with Gasteiger partial charge in [-0.15, -0.1) is 0 Å². The predicted molar refractivity (Wildman–Crippen MR) is 183 cm³/mol. The van der Waals surface area contributed by atoms with Crippen LogP contribution in [-0.2, 0) is 33.1 Å². The van der Waals surface area contributed by atoms with Crippen molar-refractivity contribution in [3.05, 3.63) is 59.7 Å². The SMILES string of the molecule is CCCCCCCCCCCCc1ccccc1S(=O)(=O)[O-].CCCCCCCCCCCCc1ccccc1S(=O)(=O)[O-].[IH2+].[Na+]. The monoisotopic (exact) mass is 802 g/mol. The molecule has 0 aromatic heterocycles. The molecule has 0 heterocycles. The van der Waals surface area contributed by atoms with Crippen molar-refractivity contribution in [2.75, 3.05) is 0 Å². The van der Waals surface area contributed by atoms with E-state index in [2.05, 4.69) is 13.8 Å². The van der Waals surface area contributed by atoms with Gasteiger partial charge in [-0.2, -0.15) is 0 Å². The summed E-state index contributed by atoms with van der Waals surface area (Å²) < 4.78 is 67.1. The van der Waals surface area contributed by atoms with Crippen molar-refractivity contribution in [3.8, 4) is 0 Å². The molecule has 2 rings (SSSR count). The van der Waals surface area contributed by atoms with Crippen LogP contribution in [0.15, 0.2) is 58.3 Å². The fourth-order valence-electron chi connectivity index (χ4n) is 5.51. The molecule has 2 aromatic rings. The molecule has 0 aliphatic heterocycles. The van der Waals surface area contributed by atoms with Crippen molar-refractivity contribution < 1.29 is 79.5 Å². The molecule has 0 radical (unpaired) electrons. The van der Waals surface area contributed by atoms with Crippen LogP contribution in [0.2, 0.25) is 0 Å². The summed E-state index contributed by atoms with van der Waals surface area (Å²) in [6, 6.07) is 13.1. The Hall–Kier alpha value is -0.01000. The fraction of sp³-hybridized carbons (Fsp3) is 0.667. The number of aryl methyl sites for hydroxylation is 2. The second-order valence-corrected chi connectivity index (χ2v) is 14.7. The maximum atomic E-state index is 11.2. The third-order valence-electron chi connectivity index (χ3n) is 8.08. The Morgan fingerprint density at radius 2 is 0.674 bits per heavy atom. The van der Waals surface area contributed by atoms with Crippen LogP contribution < -0.4 is 53.5 Å². The topological polar surface area (TPSA) is 114 Å². The summed E-state index contributed by atoms with van der Waals surface area (Å²) in [6.07, 6.45) is 26.3. The van der Waals surface area contributed by atoms with Crippen molar-refractivity contribution in [1.29, 1.82) is 0 Å². The molecule has 260 valence electrons. The Labute approximate surface area is 321 Å². The van der Waals surface area contributed by atoms with Gasteiger partial charge in [0.15, 0.2) is 0 Å². The molecule has 0 unspecified atom stereocenters. The van der Waals surface area contributed by atoms with Crippen LogP contribution in [0.25, 0.3) is 0 Å². The first kappa shape index (κ1) is 48.1. The minimum atomic E-state index is -4.35. The van der Waals surface area contributed by atoms with Crippen LogP contribution in [0.1, 0.15) is 153 Å². The van der Waals surface area contributed by atoms with Crippen LogP contribution in [0.3, 0.4) is 0 Å². The van der Waals surface area contributed by atoms with Gasteiger partial charge in [0.25, 0.3) is 0 Å². The van der Waals surface area contributed by atoms with Gasteiger partial charge in [0.05, 0.1) is 9.79 Å². The maximum Gasteiger partial charge on any atom is 1.00 e. The standard InChI is InChI=1S/2C18H30O3S.H2I.Na/c2*1-2-3-4-5-6-7-8-9-10-11-14-17-15-12-13-16-18(17)22(19,20)21;;/h2*12-13,15-16H,2-11,14H2,1H3,(H,19,20,21);1H2;/q;;2*+1/p-2. The molecule has 2 aromatic carbocycles. The Morgan fingerprint density at radius 3 is 0.935 bits per heavy atom. The Balaban J connectivity index is 0. The van der Waals surface area contributed by atoms with Crippen molar-refractivity contribution in [2.24, 2.45) is 0 Å². The quantitative estimate of drug-likeness (QED) is 0.0695. The minimum absolute atomic E-state index is 0. The number of benzene rings is 2. The summed E-state index contributed by atoms with van der Waals surface area (Å²) in [6.45, 7) is 4.46. The molecule has 0 N–H and O–H groups in total. The van der Waals surface area contributed by atoms with Crippen LogP contribution >= 0.6 is 0 Å². The summed E-state index contributed by atoms with van der Waals surface area (Å²) >= 11 is 0. The number of hydrogen-bond donors (Lipinski definition) is 0. The van der Waals surface area contributed by atoms with Gasteiger partial charge >= 0.3 is 29.6 Å². The van der Waals surface area contributed by atoms with Gasteiger partial charge in [-0.25, -0.2) is 16.8 Å². The van der Waals surface area contributed by atoms with Crippen molar-refractivity contribution in [1.82, 2.24) is 0 Å². The van der Waals surface area contributed by atoms with E-state index in [0.717, 1.165) is 25.7 Å². The van der Waals surface area contributed by atoms with E-state index in [0.29, 0.717) is 24.0 Å². The second kappa shape index (κ2) is 29.9. The molecule has 6 nitrogen and oxygen atoms in total. The van der Waals surface area contributed by atoms with E-state index in [1.54, 1.807) is 36.4 Å². The predicted octanol–water partition coefficient (Wildman–Crippen LogP) is 3.58. The molecular weight excluding hydrogens is 742 g/mol. The van der Waals surface area contributed by atoms with Gasteiger partial charge in [-0.1, -0.05) is 166 Å². The molecule has 0 saturated heterocycles. The third kappa shape index (κ3) is 24.2. The van der Waals surface area contributed by atoms with Crippen LogP contribution in [-0.4, -0.2) is 25.9 Å². The van der Waals surface area contributed by atoms with E-state index >= 15 is 0 Å². The molecule has 0 saturated carbocycles. The summed E-state index contributed by atoms with van der Waals surface area (Å²) in [5, 5.41) is 0. The van der Waals surface area contributed by atoms with Crippen molar-refractivity contribution in [2.45, 2.75) is 165 Å². The molecular formula is C36H60INaO6S2. The van der Waals surface area contributed by atoms with Crippen molar-refractivity contribution >= 4 is 20.2 Å². The van der Waals surface area contributed by atoms with E-state index in [1.807, 2.05) is 0 Å². The maximum absolute atomic E-state index is 11.2. The largest absolute Gasteiger partial charge is 1.00 e. The van der Waals surface area contributed by atoms with Gasteiger partial charge in [0.1, 0.15) is 20.2 Å². The zero-order chi connectivity index (χ0) is 32.5. The van der Waals surface area contributed by atoms with Gasteiger partial charge in [0.2, 0.25) is 24.0 Å². The molecule has 10 heteroatoms. The van der Waals surface area contributed by atoms with E-state index in [-0.39, 0.29) is 63.3 Å². The average molecular weight is 803 g/mol. The van der Waals surface area contributed by atoms with E-state index < -0.39 is 20.2 Å². The van der Waals surface area contributed by atoms with Gasteiger partial charge in [0, 0.05) is 0 Å². The molecule has 0 spiro atoms. The first-order chi connectivity index (χ1) is 21.1. The smallest absolute Gasteiger partial charge is 0.744 e. The summed E-state index contributed by atoms with van der Waals surface area (Å²) in [5.74, 6) is 0. The molecule has 0 aliphatic carbocycles. The number of hydrogen-bond acceptors (Lipinski definition) is 6. The molecule has 0 fully saturated rings. The Morgan fingerprint density at radius 1 is 0.435 bits per heavy atom. The van der Waals surface area contributed by atoms with Crippen molar-refractivity contribution in [3.63, 3.8) is 0 Å². The Kier molecular flexibility index (Phi) is 31.2. The molecule has 0 amide bonds. The van der Waals surface area contributed by atoms with Gasteiger partial charge < -0.3 is 9.11 Å². The van der Waals surface area contributed by atoms with Crippen LogP contribution in [0.5, 0.6) is 0 Å². The molecule has 46 heavy (non-hydrogen) atoms. The first-order valence-electron chi connectivity index (χ1n) is 17.2. The minimum Gasteiger partial charge on any atom is -0.744 e. The van der Waals surface area contributed by atoms with Crippen LogP contribution in [0.4, 0.5) is 0 Å². The second-order valence-electron chi connectivity index (χ2n) is 12.0. The number of halogens is 1. The summed E-state index contributed by atoms with van der Waals surface area (Å²) in [4.78, 5) is -0.100. The van der Waals surface area contributed by atoms with Crippen LogP contribution in [0, 0.1) is 0 Å². The number of rotatable bonds is 24. The molecule has 0 bridgehead atoms.